The summed E-state index contributed by atoms with van der Waals surface area (Å²) in [5.41, 5.74) is 1.41. The number of rotatable bonds is 5. The largest absolute Gasteiger partial charge is 0.236 e. The third kappa shape index (κ3) is 3.81. The molecular weight excluding hydrogens is 246 g/mol. The van der Waals surface area contributed by atoms with E-state index in [-0.39, 0.29) is 0 Å². The van der Waals surface area contributed by atoms with Crippen molar-refractivity contribution in [1.82, 2.24) is 9.97 Å². The Morgan fingerprint density at radius 2 is 1.58 bits per heavy atom. The van der Waals surface area contributed by atoms with Crippen molar-refractivity contribution in [2.75, 3.05) is 0 Å². The lowest BCUT2D eigenvalue weighted by molar-refractivity contribution is 0.584. The van der Waals surface area contributed by atoms with Gasteiger partial charge in [0.1, 0.15) is 11.6 Å². The Morgan fingerprint density at radius 3 is 2.16 bits per heavy atom. The van der Waals surface area contributed by atoms with Crippen molar-refractivity contribution in [2.24, 2.45) is 0 Å². The summed E-state index contributed by atoms with van der Waals surface area (Å²) in [5.74, 6) is -0.895. The van der Waals surface area contributed by atoms with Gasteiger partial charge in [0, 0.05) is 24.0 Å². The van der Waals surface area contributed by atoms with Crippen LogP contribution in [0.1, 0.15) is 31.7 Å². The van der Waals surface area contributed by atoms with Crippen LogP contribution in [0, 0.1) is 11.6 Å². The van der Waals surface area contributed by atoms with E-state index in [0.29, 0.717) is 11.4 Å². The van der Waals surface area contributed by atoms with Gasteiger partial charge in [0.2, 0.25) is 0 Å². The molecule has 19 heavy (non-hydrogen) atoms. The van der Waals surface area contributed by atoms with Crippen molar-refractivity contribution in [1.29, 1.82) is 0 Å². The van der Waals surface area contributed by atoms with Crippen LogP contribution >= 0.6 is 0 Å². The monoisotopic (exact) mass is 262 g/mol. The van der Waals surface area contributed by atoms with Gasteiger partial charge in [-0.05, 0) is 30.5 Å². The van der Waals surface area contributed by atoms with Crippen LogP contribution in [0.3, 0.4) is 0 Å². The van der Waals surface area contributed by atoms with Gasteiger partial charge in [0.15, 0.2) is 5.82 Å². The van der Waals surface area contributed by atoms with E-state index >= 15 is 0 Å². The van der Waals surface area contributed by atoms with E-state index in [1.807, 2.05) is 0 Å². The highest BCUT2D eigenvalue weighted by molar-refractivity contribution is 5.54. The van der Waals surface area contributed by atoms with Gasteiger partial charge in [-0.2, -0.15) is 0 Å². The van der Waals surface area contributed by atoms with Gasteiger partial charge < -0.3 is 0 Å². The molecule has 0 N–H and O–H groups in total. The van der Waals surface area contributed by atoms with Gasteiger partial charge in [-0.25, -0.2) is 18.7 Å². The number of nitrogens with zero attached hydrogens (tertiary/aromatic N) is 2. The second-order valence-electron chi connectivity index (χ2n) is 4.53. The van der Waals surface area contributed by atoms with E-state index in [1.54, 1.807) is 12.4 Å². The molecular formula is C15H16F2N2. The van der Waals surface area contributed by atoms with Crippen molar-refractivity contribution in [3.63, 3.8) is 0 Å². The molecule has 2 rings (SSSR count). The first-order valence-corrected chi connectivity index (χ1v) is 6.46. The van der Waals surface area contributed by atoms with Crippen molar-refractivity contribution in [3.8, 4) is 11.4 Å². The lowest BCUT2D eigenvalue weighted by Gasteiger charge is -2.03. The van der Waals surface area contributed by atoms with E-state index in [4.69, 9.17) is 0 Å². The highest BCUT2D eigenvalue weighted by Gasteiger charge is 2.05. The maximum absolute atomic E-state index is 13.1. The predicted octanol–water partition coefficient (Wildman–Crippen LogP) is 4.15. The molecule has 100 valence electrons. The van der Waals surface area contributed by atoms with E-state index in [1.165, 1.54) is 25.0 Å². The highest BCUT2D eigenvalue weighted by atomic mass is 19.1. The van der Waals surface area contributed by atoms with Crippen LogP contribution in [0.2, 0.25) is 0 Å². The number of unbranched alkanes of at least 4 members (excludes halogenated alkanes) is 2. The summed E-state index contributed by atoms with van der Waals surface area (Å²) in [6, 6.07) is 3.30. The van der Waals surface area contributed by atoms with Crippen LogP contribution in [0.5, 0.6) is 0 Å². The van der Waals surface area contributed by atoms with Gasteiger partial charge in [0.05, 0.1) is 0 Å². The lowest BCUT2D eigenvalue weighted by atomic mass is 10.1. The summed E-state index contributed by atoms with van der Waals surface area (Å²) in [6.07, 6.45) is 7.83. The van der Waals surface area contributed by atoms with Gasteiger partial charge >= 0.3 is 0 Å². The molecule has 2 aromatic rings. The number of aryl methyl sites for hydroxylation is 1. The van der Waals surface area contributed by atoms with Crippen LogP contribution in [-0.4, -0.2) is 9.97 Å². The van der Waals surface area contributed by atoms with Crippen LogP contribution in [0.15, 0.2) is 30.6 Å². The molecule has 0 aliphatic heterocycles. The minimum Gasteiger partial charge on any atom is -0.236 e. The second-order valence-corrected chi connectivity index (χ2v) is 4.53. The van der Waals surface area contributed by atoms with Gasteiger partial charge in [-0.15, -0.1) is 0 Å². The first-order chi connectivity index (χ1) is 9.19. The molecule has 0 fully saturated rings. The fourth-order valence-electron chi connectivity index (χ4n) is 1.90. The number of hydrogen-bond acceptors (Lipinski definition) is 2. The molecule has 0 saturated carbocycles. The standard InChI is InChI=1S/C15H16F2N2/c1-2-3-4-5-11-9-18-15(19-10-11)12-6-13(16)8-14(17)7-12/h6-10H,2-5H2,1H3. The maximum atomic E-state index is 13.1. The zero-order chi connectivity index (χ0) is 13.7. The van der Waals surface area contributed by atoms with E-state index in [0.717, 1.165) is 24.5 Å². The SMILES string of the molecule is CCCCCc1cnc(-c2cc(F)cc(F)c2)nc1. The van der Waals surface area contributed by atoms with Crippen LogP contribution in [-0.2, 0) is 6.42 Å². The Bertz CT molecular complexity index is 518. The van der Waals surface area contributed by atoms with Gasteiger partial charge in [-0.1, -0.05) is 19.8 Å². The van der Waals surface area contributed by atoms with Crippen molar-refractivity contribution >= 4 is 0 Å². The number of benzene rings is 1. The van der Waals surface area contributed by atoms with Crippen LogP contribution in [0.25, 0.3) is 11.4 Å². The van der Waals surface area contributed by atoms with Gasteiger partial charge in [0.25, 0.3) is 0 Å². The molecule has 0 radical (unpaired) electrons. The summed E-state index contributed by atoms with van der Waals surface area (Å²) >= 11 is 0. The van der Waals surface area contributed by atoms with Crippen molar-refractivity contribution in [3.05, 3.63) is 47.8 Å². The number of hydrogen-bond donors (Lipinski definition) is 0. The number of halogens is 2. The fourth-order valence-corrected chi connectivity index (χ4v) is 1.90. The Morgan fingerprint density at radius 1 is 0.947 bits per heavy atom. The summed E-state index contributed by atoms with van der Waals surface area (Å²) in [6.45, 7) is 2.15. The van der Waals surface area contributed by atoms with Crippen molar-refractivity contribution < 1.29 is 8.78 Å². The maximum Gasteiger partial charge on any atom is 0.159 e. The summed E-state index contributed by atoms with van der Waals surface area (Å²) in [4.78, 5) is 8.33. The topological polar surface area (TPSA) is 25.8 Å². The van der Waals surface area contributed by atoms with Gasteiger partial charge in [-0.3, -0.25) is 0 Å². The summed E-state index contributed by atoms with van der Waals surface area (Å²) < 4.78 is 26.2. The Kier molecular flexibility index (Phi) is 4.55. The molecule has 1 aromatic carbocycles. The molecule has 0 bridgehead atoms. The second kappa shape index (κ2) is 6.36. The van der Waals surface area contributed by atoms with E-state index < -0.39 is 11.6 Å². The molecule has 0 saturated heterocycles. The predicted molar refractivity (Wildman–Crippen MR) is 70.6 cm³/mol. The van der Waals surface area contributed by atoms with E-state index in [9.17, 15) is 8.78 Å². The molecule has 4 heteroatoms. The molecule has 0 aliphatic rings. The Hall–Kier alpha value is -1.84. The molecule has 1 aromatic heterocycles. The first-order valence-electron chi connectivity index (χ1n) is 6.46. The number of aromatic nitrogens is 2. The summed E-state index contributed by atoms with van der Waals surface area (Å²) in [5, 5.41) is 0. The summed E-state index contributed by atoms with van der Waals surface area (Å²) in [7, 11) is 0. The van der Waals surface area contributed by atoms with Crippen LogP contribution < -0.4 is 0 Å². The zero-order valence-corrected chi connectivity index (χ0v) is 10.9. The van der Waals surface area contributed by atoms with Crippen molar-refractivity contribution in [2.45, 2.75) is 32.6 Å². The molecule has 2 nitrogen and oxygen atoms in total. The van der Waals surface area contributed by atoms with E-state index in [2.05, 4.69) is 16.9 Å². The third-order valence-electron chi connectivity index (χ3n) is 2.90. The zero-order valence-electron chi connectivity index (χ0n) is 10.9. The van der Waals surface area contributed by atoms with Crippen LogP contribution in [0.4, 0.5) is 8.78 Å². The smallest absolute Gasteiger partial charge is 0.159 e. The molecule has 0 aliphatic carbocycles. The highest BCUT2D eigenvalue weighted by Crippen LogP contribution is 2.18. The molecule has 0 spiro atoms. The molecule has 0 unspecified atom stereocenters. The Balaban J connectivity index is 2.13. The normalized spacial score (nSPS) is 10.7. The Labute approximate surface area is 111 Å². The lowest BCUT2D eigenvalue weighted by Crippen LogP contribution is -1.94. The minimum atomic E-state index is -0.620. The molecule has 0 amide bonds. The average Bonchev–Trinajstić information content (AvgIpc) is 2.39. The average molecular weight is 262 g/mol. The molecule has 1 heterocycles. The quantitative estimate of drug-likeness (QED) is 0.756. The molecule has 0 atom stereocenters. The third-order valence-corrected chi connectivity index (χ3v) is 2.90. The minimum absolute atomic E-state index is 0.345. The fraction of sp³-hybridized carbons (Fsp3) is 0.333. The first kappa shape index (κ1) is 13.6.